The number of carbonyl (C=O) groups excluding carboxylic acids is 2. The van der Waals surface area contributed by atoms with Crippen molar-refractivity contribution >= 4 is 28.5 Å². The van der Waals surface area contributed by atoms with E-state index in [2.05, 4.69) is 15.0 Å². The van der Waals surface area contributed by atoms with E-state index in [1.165, 1.54) is 21.1 Å². The number of benzene rings is 1. The fourth-order valence-corrected chi connectivity index (χ4v) is 1.84. The Morgan fingerprint density at radius 3 is 2.53 bits per heavy atom. The number of carbonyl (C=O) groups is 2. The molecule has 19 heavy (non-hydrogen) atoms. The van der Waals surface area contributed by atoms with Crippen molar-refractivity contribution in [1.82, 2.24) is 4.98 Å². The summed E-state index contributed by atoms with van der Waals surface area (Å²) in [6, 6.07) is 5.10. The van der Waals surface area contributed by atoms with E-state index in [9.17, 15) is 9.59 Å². The Kier molecular flexibility index (Phi) is 3.41. The van der Waals surface area contributed by atoms with Gasteiger partial charge < -0.3 is 19.8 Å². The minimum absolute atomic E-state index is 0.205. The quantitative estimate of drug-likeness (QED) is 0.828. The summed E-state index contributed by atoms with van der Waals surface area (Å²) < 4.78 is 9.81. The number of amides is 1. The van der Waals surface area contributed by atoms with Crippen molar-refractivity contribution in [1.29, 1.82) is 0 Å². The van der Waals surface area contributed by atoms with Crippen molar-refractivity contribution in [3.8, 4) is 5.75 Å². The predicted octanol–water partition coefficient (Wildman–Crippen LogP) is 1.92. The molecule has 0 atom stereocenters. The maximum Gasteiger partial charge on any atom is 0.354 e. The molecule has 0 aliphatic heterocycles. The van der Waals surface area contributed by atoms with Crippen LogP contribution in [0.2, 0.25) is 0 Å². The van der Waals surface area contributed by atoms with Gasteiger partial charge in [0.25, 0.3) is 0 Å². The van der Waals surface area contributed by atoms with Crippen LogP contribution in [0.3, 0.4) is 0 Å². The molecule has 1 aromatic carbocycles. The molecule has 1 aromatic heterocycles. The number of ether oxygens (including phenoxy) is 2. The minimum Gasteiger partial charge on any atom is -0.497 e. The van der Waals surface area contributed by atoms with Gasteiger partial charge >= 0.3 is 5.97 Å². The SMILES string of the molecule is COC(=O)c1cc2cc(OC)cc(NC(C)=O)c2[nH]1. The van der Waals surface area contributed by atoms with Gasteiger partial charge in [0.05, 0.1) is 25.4 Å². The van der Waals surface area contributed by atoms with Gasteiger partial charge in [-0.25, -0.2) is 4.79 Å². The zero-order chi connectivity index (χ0) is 14.0. The minimum atomic E-state index is -0.469. The Morgan fingerprint density at radius 2 is 1.95 bits per heavy atom. The van der Waals surface area contributed by atoms with Gasteiger partial charge in [-0.1, -0.05) is 0 Å². The lowest BCUT2D eigenvalue weighted by atomic mass is 10.2. The number of nitrogens with one attached hydrogen (secondary N) is 2. The van der Waals surface area contributed by atoms with Gasteiger partial charge in [0.1, 0.15) is 11.4 Å². The van der Waals surface area contributed by atoms with Crippen molar-refractivity contribution < 1.29 is 19.1 Å². The molecule has 1 amide bonds. The fourth-order valence-electron chi connectivity index (χ4n) is 1.84. The summed E-state index contributed by atoms with van der Waals surface area (Å²) >= 11 is 0. The highest BCUT2D eigenvalue weighted by molar-refractivity contribution is 6.04. The highest BCUT2D eigenvalue weighted by atomic mass is 16.5. The highest BCUT2D eigenvalue weighted by Crippen LogP contribution is 2.29. The smallest absolute Gasteiger partial charge is 0.354 e. The van der Waals surface area contributed by atoms with Crippen molar-refractivity contribution in [3.63, 3.8) is 0 Å². The molecule has 0 saturated heterocycles. The Labute approximate surface area is 109 Å². The van der Waals surface area contributed by atoms with Gasteiger partial charge in [0.2, 0.25) is 5.91 Å². The summed E-state index contributed by atoms with van der Waals surface area (Å²) in [5.41, 5.74) is 1.52. The number of aromatic amines is 1. The molecule has 0 saturated carbocycles. The number of rotatable bonds is 3. The zero-order valence-corrected chi connectivity index (χ0v) is 10.9. The third kappa shape index (κ3) is 2.52. The largest absolute Gasteiger partial charge is 0.497 e. The van der Waals surface area contributed by atoms with Crippen LogP contribution in [0.1, 0.15) is 17.4 Å². The second-order valence-electron chi connectivity index (χ2n) is 3.99. The average molecular weight is 262 g/mol. The number of H-pyrrole nitrogens is 1. The molecule has 0 unspecified atom stereocenters. The third-order valence-electron chi connectivity index (χ3n) is 2.65. The maximum absolute atomic E-state index is 11.5. The number of aromatic nitrogens is 1. The second kappa shape index (κ2) is 5.01. The van der Waals surface area contributed by atoms with Crippen LogP contribution >= 0.6 is 0 Å². The normalized spacial score (nSPS) is 10.3. The molecule has 0 spiro atoms. The summed E-state index contributed by atoms with van der Waals surface area (Å²) in [5, 5.41) is 3.44. The predicted molar refractivity (Wildman–Crippen MR) is 70.5 cm³/mol. The van der Waals surface area contributed by atoms with E-state index in [-0.39, 0.29) is 5.91 Å². The summed E-state index contributed by atoms with van der Waals surface area (Å²) in [7, 11) is 2.84. The van der Waals surface area contributed by atoms with Gasteiger partial charge in [-0.15, -0.1) is 0 Å². The first-order valence-electron chi connectivity index (χ1n) is 5.62. The number of hydrogen-bond acceptors (Lipinski definition) is 4. The molecule has 0 aliphatic rings. The van der Waals surface area contributed by atoms with Crippen LogP contribution in [0.25, 0.3) is 10.9 Å². The lowest BCUT2D eigenvalue weighted by Crippen LogP contribution is -2.06. The Balaban J connectivity index is 2.60. The van der Waals surface area contributed by atoms with Crippen LogP contribution in [0.15, 0.2) is 18.2 Å². The van der Waals surface area contributed by atoms with Gasteiger partial charge in [0, 0.05) is 18.4 Å². The average Bonchev–Trinajstić information content (AvgIpc) is 2.81. The molecule has 1 heterocycles. The monoisotopic (exact) mass is 262 g/mol. The van der Waals surface area contributed by atoms with E-state index < -0.39 is 5.97 Å². The maximum atomic E-state index is 11.5. The molecule has 0 radical (unpaired) electrons. The van der Waals surface area contributed by atoms with Crippen LogP contribution in [0, 0.1) is 0 Å². The topological polar surface area (TPSA) is 80.4 Å². The number of fused-ring (bicyclic) bond motifs is 1. The highest BCUT2D eigenvalue weighted by Gasteiger charge is 2.13. The van der Waals surface area contributed by atoms with Gasteiger partial charge in [-0.3, -0.25) is 4.79 Å². The van der Waals surface area contributed by atoms with E-state index in [0.717, 1.165) is 5.39 Å². The summed E-state index contributed by atoms with van der Waals surface area (Å²) in [6.07, 6.45) is 0. The summed E-state index contributed by atoms with van der Waals surface area (Å²) in [5.74, 6) is -0.0839. The first-order valence-corrected chi connectivity index (χ1v) is 5.62. The molecule has 0 fully saturated rings. The van der Waals surface area contributed by atoms with E-state index in [1.807, 2.05) is 0 Å². The van der Waals surface area contributed by atoms with E-state index >= 15 is 0 Å². The van der Waals surface area contributed by atoms with Crippen LogP contribution in [0.5, 0.6) is 5.75 Å². The van der Waals surface area contributed by atoms with Gasteiger partial charge in [-0.05, 0) is 12.1 Å². The van der Waals surface area contributed by atoms with Crippen molar-refractivity contribution in [3.05, 3.63) is 23.9 Å². The number of esters is 1. The van der Waals surface area contributed by atoms with Crippen LogP contribution in [0.4, 0.5) is 5.69 Å². The van der Waals surface area contributed by atoms with Crippen molar-refractivity contribution in [2.24, 2.45) is 0 Å². The third-order valence-corrected chi connectivity index (χ3v) is 2.65. The van der Waals surface area contributed by atoms with Crippen molar-refractivity contribution in [2.45, 2.75) is 6.92 Å². The van der Waals surface area contributed by atoms with Gasteiger partial charge in [0.15, 0.2) is 0 Å². The lowest BCUT2D eigenvalue weighted by molar-refractivity contribution is -0.114. The summed E-state index contributed by atoms with van der Waals surface area (Å²) in [6.45, 7) is 1.41. The molecule has 2 aromatic rings. The molecule has 2 N–H and O–H groups in total. The molecule has 0 aliphatic carbocycles. The van der Waals surface area contributed by atoms with E-state index in [4.69, 9.17) is 4.74 Å². The second-order valence-corrected chi connectivity index (χ2v) is 3.99. The van der Waals surface area contributed by atoms with Crippen molar-refractivity contribution in [2.75, 3.05) is 19.5 Å². The van der Waals surface area contributed by atoms with Crippen LogP contribution < -0.4 is 10.1 Å². The fraction of sp³-hybridized carbons (Fsp3) is 0.231. The molecule has 6 nitrogen and oxygen atoms in total. The Bertz CT molecular complexity index is 645. The molecular formula is C13H14N2O4. The first kappa shape index (κ1) is 12.9. The molecule has 6 heteroatoms. The standard InChI is InChI=1S/C13H14N2O4/c1-7(16)14-10-6-9(18-2)4-8-5-11(13(17)19-3)15-12(8)10/h4-6,15H,1-3H3,(H,14,16). The number of anilines is 1. The van der Waals surface area contributed by atoms with Crippen LogP contribution in [-0.4, -0.2) is 31.1 Å². The zero-order valence-electron chi connectivity index (χ0n) is 10.9. The summed E-state index contributed by atoms with van der Waals surface area (Å²) in [4.78, 5) is 25.6. The Morgan fingerprint density at radius 1 is 1.21 bits per heavy atom. The number of methoxy groups -OCH3 is 2. The molecule has 100 valence electrons. The van der Waals surface area contributed by atoms with E-state index in [1.54, 1.807) is 18.2 Å². The molecule has 0 bridgehead atoms. The lowest BCUT2D eigenvalue weighted by Gasteiger charge is -2.07. The number of hydrogen-bond donors (Lipinski definition) is 2. The molecule has 2 rings (SSSR count). The van der Waals surface area contributed by atoms with Crippen LogP contribution in [-0.2, 0) is 9.53 Å². The first-order chi connectivity index (χ1) is 9.05. The molecular weight excluding hydrogens is 248 g/mol. The van der Waals surface area contributed by atoms with E-state index in [0.29, 0.717) is 22.6 Å². The Hall–Kier alpha value is -2.50. The van der Waals surface area contributed by atoms with Gasteiger partial charge in [-0.2, -0.15) is 0 Å².